The predicted molar refractivity (Wildman–Crippen MR) is 65.6 cm³/mol. The van der Waals surface area contributed by atoms with E-state index in [2.05, 4.69) is 0 Å². The van der Waals surface area contributed by atoms with E-state index < -0.39 is 68.4 Å². The van der Waals surface area contributed by atoms with Gasteiger partial charge in [-0.2, -0.15) is 0 Å². The van der Waals surface area contributed by atoms with Crippen molar-refractivity contribution in [2.24, 2.45) is 0 Å². The molecule has 2 aromatic rings. The normalized spacial score (nSPS) is 8.67. The van der Waals surface area contributed by atoms with Gasteiger partial charge in [0.1, 0.15) is 0 Å². The second kappa shape index (κ2) is 15.8. The van der Waals surface area contributed by atoms with Gasteiger partial charge in [-0.1, -0.05) is 0 Å². The maximum absolute atomic E-state index is 11.3. The minimum absolute atomic E-state index is 0. The largest absolute Gasteiger partial charge is 1.00 e. The van der Waals surface area contributed by atoms with Gasteiger partial charge in [0.2, 0.25) is 0 Å². The minimum Gasteiger partial charge on any atom is -0.545 e. The number of aromatic carboxylic acids is 5. The first-order chi connectivity index (χ1) is 11.6. The van der Waals surface area contributed by atoms with Gasteiger partial charge in [0.05, 0.1) is 29.8 Å². The third-order valence-corrected chi connectivity index (χ3v) is 3.34. The summed E-state index contributed by atoms with van der Waals surface area (Å²) in [5.74, 6) is -10.4. The summed E-state index contributed by atoms with van der Waals surface area (Å²) < 4.78 is 0. The van der Waals surface area contributed by atoms with Crippen molar-refractivity contribution in [3.63, 3.8) is 0 Å². The number of carboxylic acid groups (broad SMARTS) is 5. The van der Waals surface area contributed by atoms with Crippen LogP contribution in [0.5, 0.6) is 0 Å². The number of hydrogen-bond donors (Lipinski definition) is 0. The molecule has 0 spiro atoms. The molecule has 2 aromatic carbocycles. The van der Waals surface area contributed by atoms with Crippen molar-refractivity contribution in [2.75, 3.05) is 0 Å². The van der Waals surface area contributed by atoms with Crippen LogP contribution < -0.4 is 173 Å². The molecular formula is C15H3Na5O10. The van der Waals surface area contributed by atoms with Gasteiger partial charge in [0, 0.05) is 22.3 Å². The summed E-state index contributed by atoms with van der Waals surface area (Å²) in [5, 5.41) is 54.5. The summed E-state index contributed by atoms with van der Waals surface area (Å²) in [5.41, 5.74) is -5.52. The molecule has 0 fully saturated rings. The predicted octanol–water partition coefficient (Wildman–Crippen LogP) is -20.3. The molecule has 0 N–H and O–H groups in total. The van der Waals surface area contributed by atoms with Crippen LogP contribution in [0, 0.1) is 0 Å². The molecule has 0 radical (unpaired) electrons. The molecule has 0 bridgehead atoms. The van der Waals surface area contributed by atoms with E-state index in [1.165, 1.54) is 0 Å². The number of carbonyl (C=O) groups is 5. The summed E-state index contributed by atoms with van der Waals surface area (Å²) >= 11 is 0. The molecule has 15 heteroatoms. The van der Waals surface area contributed by atoms with Crippen molar-refractivity contribution < 1.29 is 197 Å². The summed E-state index contributed by atoms with van der Waals surface area (Å²) in [7, 11) is 0. The molecule has 30 heavy (non-hydrogen) atoms. The number of carboxylic acids is 5. The quantitative estimate of drug-likeness (QED) is 0.387. The van der Waals surface area contributed by atoms with Crippen molar-refractivity contribution in [1.82, 2.24) is 0 Å². The zero-order valence-electron chi connectivity index (χ0n) is 16.8. The molecule has 0 aliphatic rings. The van der Waals surface area contributed by atoms with Crippen molar-refractivity contribution in [3.8, 4) is 0 Å². The number of fused-ring (bicyclic) bond motifs is 1. The Kier molecular flexibility index (Phi) is 20.2. The summed E-state index contributed by atoms with van der Waals surface area (Å²) in [6.45, 7) is 0. The second-order valence-electron chi connectivity index (χ2n) is 4.73. The zero-order valence-corrected chi connectivity index (χ0v) is 26.8. The smallest absolute Gasteiger partial charge is 0.545 e. The Balaban J connectivity index is -0.000000676. The van der Waals surface area contributed by atoms with E-state index in [0.717, 1.165) is 0 Å². The number of benzene rings is 2. The average Bonchev–Trinajstić information content (AvgIpc) is 2.50. The van der Waals surface area contributed by atoms with E-state index in [-0.39, 0.29) is 148 Å². The van der Waals surface area contributed by atoms with Crippen LogP contribution >= 0.6 is 0 Å². The average molecular weight is 458 g/mol. The van der Waals surface area contributed by atoms with E-state index in [1.54, 1.807) is 0 Å². The van der Waals surface area contributed by atoms with Crippen LogP contribution in [0.4, 0.5) is 0 Å². The van der Waals surface area contributed by atoms with Gasteiger partial charge in [0.15, 0.2) is 0 Å². The molecule has 0 saturated carbocycles. The van der Waals surface area contributed by atoms with E-state index in [0.29, 0.717) is 18.2 Å². The van der Waals surface area contributed by atoms with Gasteiger partial charge in [-0.15, -0.1) is 0 Å². The number of rotatable bonds is 5. The third kappa shape index (κ3) is 8.12. The number of hydrogen-bond acceptors (Lipinski definition) is 10. The second-order valence-corrected chi connectivity index (χ2v) is 4.73. The van der Waals surface area contributed by atoms with Gasteiger partial charge >= 0.3 is 148 Å². The molecule has 0 unspecified atom stereocenters. The fourth-order valence-electron chi connectivity index (χ4n) is 2.37. The van der Waals surface area contributed by atoms with Gasteiger partial charge in [-0.25, -0.2) is 0 Å². The van der Waals surface area contributed by atoms with Crippen LogP contribution in [0.15, 0.2) is 18.2 Å². The molecule has 10 nitrogen and oxygen atoms in total. The first kappa shape index (κ1) is 38.3. The topological polar surface area (TPSA) is 201 Å². The first-order valence-corrected chi connectivity index (χ1v) is 6.27. The summed E-state index contributed by atoms with van der Waals surface area (Å²) in [4.78, 5) is 55.8. The van der Waals surface area contributed by atoms with Crippen molar-refractivity contribution in [3.05, 3.63) is 46.0 Å². The van der Waals surface area contributed by atoms with Crippen molar-refractivity contribution >= 4 is 40.6 Å². The van der Waals surface area contributed by atoms with E-state index in [1.807, 2.05) is 0 Å². The van der Waals surface area contributed by atoms with Crippen molar-refractivity contribution in [2.45, 2.75) is 0 Å². The van der Waals surface area contributed by atoms with Crippen LogP contribution in [0.3, 0.4) is 0 Å². The van der Waals surface area contributed by atoms with Gasteiger partial charge < -0.3 is 49.5 Å². The van der Waals surface area contributed by atoms with Crippen LogP contribution in [0.25, 0.3) is 10.8 Å². The maximum Gasteiger partial charge on any atom is 1.00 e. The Bertz CT molecular complexity index is 1010. The molecule has 0 heterocycles. The van der Waals surface area contributed by atoms with E-state index >= 15 is 0 Å². The molecule has 0 saturated heterocycles. The third-order valence-electron chi connectivity index (χ3n) is 3.34. The monoisotopic (exact) mass is 458 g/mol. The Labute approximate surface area is 279 Å². The van der Waals surface area contributed by atoms with Crippen LogP contribution in [0.2, 0.25) is 0 Å². The maximum atomic E-state index is 11.3. The molecule has 0 aliphatic carbocycles. The Morgan fingerprint density at radius 2 is 0.900 bits per heavy atom. The Morgan fingerprint density at radius 1 is 0.467 bits per heavy atom. The fourth-order valence-corrected chi connectivity index (χ4v) is 2.37. The van der Waals surface area contributed by atoms with Crippen LogP contribution in [-0.2, 0) is 0 Å². The van der Waals surface area contributed by atoms with E-state index in [9.17, 15) is 49.5 Å². The molecule has 0 amide bonds. The van der Waals surface area contributed by atoms with Crippen LogP contribution in [-0.4, -0.2) is 29.8 Å². The van der Waals surface area contributed by atoms with Gasteiger partial charge in [-0.3, -0.25) is 0 Å². The molecule has 128 valence electrons. The minimum atomic E-state index is -2.23. The molecular weight excluding hydrogens is 455 g/mol. The molecule has 0 atom stereocenters. The fraction of sp³-hybridized carbons (Fsp3) is 0. The first-order valence-electron chi connectivity index (χ1n) is 6.27. The molecule has 0 aliphatic heterocycles. The Morgan fingerprint density at radius 3 is 1.23 bits per heavy atom. The van der Waals surface area contributed by atoms with E-state index in [4.69, 9.17) is 0 Å². The van der Waals surface area contributed by atoms with Crippen LogP contribution in [0.1, 0.15) is 51.8 Å². The summed E-state index contributed by atoms with van der Waals surface area (Å²) in [6.07, 6.45) is 0. The molecule has 0 aromatic heterocycles. The molecule has 2 rings (SSSR count). The Hall–Kier alpha value is 1.05. The van der Waals surface area contributed by atoms with Crippen molar-refractivity contribution in [1.29, 1.82) is 0 Å². The SMILES string of the molecule is O=C([O-])c1cc(C(=O)[O-])c2cc(C(=O)[O-])c(C(=O)[O-])c(C(=O)[O-])c2c1.[Na+].[Na+].[Na+].[Na+].[Na+]. The standard InChI is InChI=1S/C15H8O10.5Na/c16-11(17)4-1-6-5(7(2-4)12(18)19)3-8(13(20)21)10(15(24)25)9(6)14(22)23;;;;;/h1-3H,(H,16,17)(H,18,19)(H,20,21)(H,22,23)(H,24,25);;;;;/q;5*+1/p-5. The summed E-state index contributed by atoms with van der Waals surface area (Å²) in [6, 6.07) is 1.66. The number of carbonyl (C=O) groups excluding carboxylic acids is 5. The van der Waals surface area contributed by atoms with Gasteiger partial charge in [0.25, 0.3) is 0 Å². The zero-order chi connectivity index (χ0) is 19.0. The van der Waals surface area contributed by atoms with Gasteiger partial charge in [-0.05, 0) is 34.5 Å².